The molecule has 0 atom stereocenters. The Hall–Kier alpha value is -1.92. The third-order valence-corrected chi connectivity index (χ3v) is 3.47. The van der Waals surface area contributed by atoms with Crippen LogP contribution in [0.4, 0.5) is 5.69 Å². The predicted molar refractivity (Wildman–Crippen MR) is 80.6 cm³/mol. The van der Waals surface area contributed by atoms with Crippen LogP contribution in [0.15, 0.2) is 18.2 Å². The predicted octanol–water partition coefficient (Wildman–Crippen LogP) is 0.643. The van der Waals surface area contributed by atoms with Crippen LogP contribution in [-0.2, 0) is 4.74 Å². The Bertz CT molecular complexity index is 508. The molecular weight excluding hydrogens is 254 g/mol. The van der Waals surface area contributed by atoms with E-state index in [-0.39, 0.29) is 5.84 Å². The molecule has 1 heterocycles. The van der Waals surface area contributed by atoms with Crippen molar-refractivity contribution in [2.75, 3.05) is 38.6 Å². The average Bonchev–Trinajstić information content (AvgIpc) is 2.45. The first-order valence-electron chi connectivity index (χ1n) is 6.69. The number of ether oxygens (including phenoxy) is 1. The molecule has 0 bridgehead atoms. The third kappa shape index (κ3) is 3.55. The molecule has 0 aliphatic carbocycles. The molecule has 0 amide bonds. The Morgan fingerprint density at radius 1 is 1.25 bits per heavy atom. The topological polar surface area (TPSA) is 112 Å². The maximum Gasteiger partial charge on any atom is 0.122 e. The van der Waals surface area contributed by atoms with Gasteiger partial charge in [0.05, 0.1) is 13.2 Å². The summed E-state index contributed by atoms with van der Waals surface area (Å²) < 4.78 is 5.30. The van der Waals surface area contributed by atoms with Gasteiger partial charge in [0.15, 0.2) is 0 Å². The molecule has 20 heavy (non-hydrogen) atoms. The summed E-state index contributed by atoms with van der Waals surface area (Å²) in [6.07, 6.45) is 0.656. The SMILES string of the molecule is N=C(N)c1ccc(C(=N)CCN2CCOCC2)c(N)c1. The zero-order valence-corrected chi connectivity index (χ0v) is 11.5. The Kier molecular flexibility index (Phi) is 4.70. The van der Waals surface area contributed by atoms with Gasteiger partial charge in [-0.05, 0) is 6.07 Å². The lowest BCUT2D eigenvalue weighted by Crippen LogP contribution is -2.37. The van der Waals surface area contributed by atoms with Gasteiger partial charge in [0, 0.05) is 48.6 Å². The Morgan fingerprint density at radius 2 is 1.95 bits per heavy atom. The van der Waals surface area contributed by atoms with Gasteiger partial charge >= 0.3 is 0 Å². The zero-order valence-electron chi connectivity index (χ0n) is 11.5. The van der Waals surface area contributed by atoms with E-state index in [1.54, 1.807) is 18.2 Å². The zero-order chi connectivity index (χ0) is 14.5. The van der Waals surface area contributed by atoms with E-state index < -0.39 is 0 Å². The lowest BCUT2D eigenvalue weighted by atomic mass is 10.0. The normalized spacial score (nSPS) is 16.0. The first-order chi connectivity index (χ1) is 9.58. The minimum Gasteiger partial charge on any atom is -0.398 e. The molecule has 2 rings (SSSR count). The van der Waals surface area contributed by atoms with E-state index >= 15 is 0 Å². The summed E-state index contributed by atoms with van der Waals surface area (Å²) in [6.45, 7) is 4.22. The molecule has 6 N–H and O–H groups in total. The number of hydrogen-bond donors (Lipinski definition) is 4. The Labute approximate surface area is 118 Å². The van der Waals surface area contributed by atoms with Crippen molar-refractivity contribution in [2.24, 2.45) is 5.73 Å². The van der Waals surface area contributed by atoms with Crippen LogP contribution >= 0.6 is 0 Å². The first kappa shape index (κ1) is 14.5. The number of nitrogen functional groups attached to an aromatic ring is 2. The van der Waals surface area contributed by atoms with E-state index in [2.05, 4.69) is 4.90 Å². The molecule has 0 spiro atoms. The number of nitrogens with two attached hydrogens (primary N) is 2. The van der Waals surface area contributed by atoms with Gasteiger partial charge < -0.3 is 21.6 Å². The van der Waals surface area contributed by atoms with Crippen LogP contribution in [0.5, 0.6) is 0 Å². The van der Waals surface area contributed by atoms with Gasteiger partial charge in [0.25, 0.3) is 0 Å². The van der Waals surface area contributed by atoms with E-state index in [0.29, 0.717) is 23.4 Å². The van der Waals surface area contributed by atoms with Gasteiger partial charge in [-0.25, -0.2) is 0 Å². The standard InChI is InChI=1S/C14H21N5O/c15-12(3-4-19-5-7-20-8-6-19)11-2-1-10(14(17)18)9-13(11)16/h1-2,9,15H,3-8,16H2,(H3,17,18). The number of morpholine rings is 1. The Balaban J connectivity index is 1.96. The molecule has 6 nitrogen and oxygen atoms in total. The summed E-state index contributed by atoms with van der Waals surface area (Å²) in [5.41, 5.74) is 13.7. The highest BCUT2D eigenvalue weighted by molar-refractivity contribution is 6.04. The number of benzene rings is 1. The highest BCUT2D eigenvalue weighted by Crippen LogP contribution is 2.16. The van der Waals surface area contributed by atoms with Gasteiger partial charge in [-0.3, -0.25) is 10.3 Å². The molecule has 0 radical (unpaired) electrons. The van der Waals surface area contributed by atoms with Crippen molar-refractivity contribution >= 4 is 17.2 Å². The molecule has 1 aliphatic heterocycles. The summed E-state index contributed by atoms with van der Waals surface area (Å²) in [6, 6.07) is 5.16. The van der Waals surface area contributed by atoms with E-state index in [0.717, 1.165) is 38.4 Å². The fourth-order valence-corrected chi connectivity index (χ4v) is 2.23. The number of rotatable bonds is 5. The summed E-state index contributed by atoms with van der Waals surface area (Å²) in [5.74, 6) is -0.0110. The van der Waals surface area contributed by atoms with Crippen LogP contribution in [0.1, 0.15) is 17.5 Å². The largest absolute Gasteiger partial charge is 0.398 e. The number of nitrogens with zero attached hydrogens (tertiary/aromatic N) is 1. The smallest absolute Gasteiger partial charge is 0.122 e. The molecular formula is C14H21N5O. The molecule has 1 aliphatic rings. The van der Waals surface area contributed by atoms with E-state index in [9.17, 15) is 0 Å². The van der Waals surface area contributed by atoms with Crippen LogP contribution in [0.2, 0.25) is 0 Å². The number of nitrogens with one attached hydrogen (secondary N) is 2. The van der Waals surface area contributed by atoms with Crippen molar-refractivity contribution in [2.45, 2.75) is 6.42 Å². The van der Waals surface area contributed by atoms with Gasteiger partial charge in [-0.15, -0.1) is 0 Å². The Morgan fingerprint density at radius 3 is 2.55 bits per heavy atom. The molecule has 0 unspecified atom stereocenters. The van der Waals surface area contributed by atoms with Crippen molar-refractivity contribution in [1.29, 1.82) is 10.8 Å². The van der Waals surface area contributed by atoms with Crippen molar-refractivity contribution < 1.29 is 4.74 Å². The monoisotopic (exact) mass is 275 g/mol. The molecule has 108 valence electrons. The highest BCUT2D eigenvalue weighted by Gasteiger charge is 2.13. The number of hydrogen-bond acceptors (Lipinski definition) is 5. The summed E-state index contributed by atoms with van der Waals surface area (Å²) in [7, 11) is 0. The van der Waals surface area contributed by atoms with Gasteiger partial charge in [0.1, 0.15) is 5.84 Å². The fraction of sp³-hybridized carbons (Fsp3) is 0.429. The first-order valence-corrected chi connectivity index (χ1v) is 6.69. The molecule has 1 fully saturated rings. The van der Waals surface area contributed by atoms with Gasteiger partial charge in [-0.2, -0.15) is 0 Å². The molecule has 1 saturated heterocycles. The minimum atomic E-state index is -0.0110. The summed E-state index contributed by atoms with van der Waals surface area (Å²) in [5, 5.41) is 15.5. The van der Waals surface area contributed by atoms with Crippen molar-refractivity contribution in [3.63, 3.8) is 0 Å². The van der Waals surface area contributed by atoms with Crippen LogP contribution in [-0.4, -0.2) is 49.3 Å². The second-order valence-corrected chi connectivity index (χ2v) is 4.90. The lowest BCUT2D eigenvalue weighted by Gasteiger charge is -2.26. The highest BCUT2D eigenvalue weighted by atomic mass is 16.5. The van der Waals surface area contributed by atoms with Gasteiger partial charge in [-0.1, -0.05) is 12.1 Å². The molecule has 1 aromatic rings. The fourth-order valence-electron chi connectivity index (χ4n) is 2.23. The van der Waals surface area contributed by atoms with Gasteiger partial charge in [0.2, 0.25) is 0 Å². The van der Waals surface area contributed by atoms with Crippen LogP contribution < -0.4 is 11.5 Å². The van der Waals surface area contributed by atoms with Crippen LogP contribution in [0.25, 0.3) is 0 Å². The van der Waals surface area contributed by atoms with Crippen molar-refractivity contribution in [1.82, 2.24) is 4.90 Å². The molecule has 6 heteroatoms. The van der Waals surface area contributed by atoms with E-state index in [4.69, 9.17) is 27.0 Å². The second-order valence-electron chi connectivity index (χ2n) is 4.90. The maximum atomic E-state index is 8.14. The maximum absolute atomic E-state index is 8.14. The van der Waals surface area contributed by atoms with Crippen molar-refractivity contribution in [3.05, 3.63) is 29.3 Å². The van der Waals surface area contributed by atoms with Crippen LogP contribution in [0.3, 0.4) is 0 Å². The van der Waals surface area contributed by atoms with E-state index in [1.165, 1.54) is 0 Å². The average molecular weight is 275 g/mol. The summed E-state index contributed by atoms with van der Waals surface area (Å²) in [4.78, 5) is 2.29. The van der Waals surface area contributed by atoms with E-state index in [1.807, 2.05) is 0 Å². The lowest BCUT2D eigenvalue weighted by molar-refractivity contribution is 0.0392. The molecule has 0 saturated carbocycles. The molecule has 0 aromatic heterocycles. The second kappa shape index (κ2) is 6.49. The van der Waals surface area contributed by atoms with Crippen LogP contribution in [0, 0.1) is 10.8 Å². The summed E-state index contributed by atoms with van der Waals surface area (Å²) >= 11 is 0. The van der Waals surface area contributed by atoms with Crippen molar-refractivity contribution in [3.8, 4) is 0 Å². The quantitative estimate of drug-likeness (QED) is 0.359. The number of amidine groups is 1. The third-order valence-electron chi connectivity index (χ3n) is 3.47. The number of anilines is 1. The molecule has 1 aromatic carbocycles. The minimum absolute atomic E-state index is 0.0110.